The van der Waals surface area contributed by atoms with Crippen molar-refractivity contribution in [2.24, 2.45) is 11.8 Å². The van der Waals surface area contributed by atoms with Gasteiger partial charge in [0.25, 0.3) is 0 Å². The summed E-state index contributed by atoms with van der Waals surface area (Å²) < 4.78 is 0. The van der Waals surface area contributed by atoms with Crippen molar-refractivity contribution >= 4 is 0 Å². The highest BCUT2D eigenvalue weighted by Crippen LogP contribution is 2.19. The summed E-state index contributed by atoms with van der Waals surface area (Å²) in [6, 6.07) is 9.99. The van der Waals surface area contributed by atoms with Gasteiger partial charge in [0.1, 0.15) is 0 Å². The quantitative estimate of drug-likeness (QED) is 0.691. The lowest BCUT2D eigenvalue weighted by molar-refractivity contribution is -0.0217. The molecule has 0 spiro atoms. The minimum absolute atomic E-state index is 0.0586. The number of aliphatic hydroxyl groups excluding tert-OH is 3. The molecule has 0 aliphatic rings. The van der Waals surface area contributed by atoms with Gasteiger partial charge in [-0.3, -0.25) is 0 Å². The van der Waals surface area contributed by atoms with Crippen molar-refractivity contribution in [2.75, 3.05) is 6.61 Å². The molecule has 3 heteroatoms. The van der Waals surface area contributed by atoms with E-state index in [0.717, 1.165) is 6.42 Å². The van der Waals surface area contributed by atoms with Crippen LogP contribution in [0.4, 0.5) is 0 Å². The van der Waals surface area contributed by atoms with E-state index < -0.39 is 12.2 Å². The summed E-state index contributed by atoms with van der Waals surface area (Å²) in [4.78, 5) is 0. The van der Waals surface area contributed by atoms with Crippen molar-refractivity contribution in [3.63, 3.8) is 0 Å². The molecule has 0 unspecified atom stereocenters. The molecule has 0 heterocycles. The molecule has 0 radical (unpaired) electrons. The van der Waals surface area contributed by atoms with Gasteiger partial charge in [-0.05, 0) is 18.4 Å². The number of rotatable bonds is 7. The summed E-state index contributed by atoms with van der Waals surface area (Å²) in [6.07, 6.45) is 0.211. The van der Waals surface area contributed by atoms with Gasteiger partial charge in [-0.15, -0.1) is 0 Å². The van der Waals surface area contributed by atoms with Crippen LogP contribution >= 0.6 is 0 Å². The van der Waals surface area contributed by atoms with E-state index in [2.05, 4.69) is 0 Å². The molecule has 3 N–H and O–H groups in total. The molecule has 0 amide bonds. The maximum absolute atomic E-state index is 10.1. The van der Waals surface area contributed by atoms with Crippen molar-refractivity contribution in [3.05, 3.63) is 35.9 Å². The molecule has 3 nitrogen and oxygen atoms in total. The van der Waals surface area contributed by atoms with Gasteiger partial charge in [0.05, 0.1) is 12.2 Å². The lowest BCUT2D eigenvalue weighted by Crippen LogP contribution is -2.35. The van der Waals surface area contributed by atoms with E-state index in [1.54, 1.807) is 6.92 Å². The van der Waals surface area contributed by atoms with Gasteiger partial charge in [-0.25, -0.2) is 0 Å². The Kier molecular flexibility index (Phi) is 6.33. The predicted molar refractivity (Wildman–Crippen MR) is 72.2 cm³/mol. The zero-order valence-corrected chi connectivity index (χ0v) is 11.2. The minimum atomic E-state index is -0.666. The first-order valence-corrected chi connectivity index (χ1v) is 6.57. The fraction of sp³-hybridized carbons (Fsp3) is 0.600. The molecule has 4 atom stereocenters. The van der Waals surface area contributed by atoms with Crippen LogP contribution < -0.4 is 0 Å². The Morgan fingerprint density at radius 2 is 1.67 bits per heavy atom. The minimum Gasteiger partial charge on any atom is -0.396 e. The second kappa shape index (κ2) is 7.52. The molecule has 1 aromatic rings. The molecule has 0 aromatic heterocycles. The lowest BCUT2D eigenvalue weighted by atomic mass is 9.87. The van der Waals surface area contributed by atoms with Gasteiger partial charge < -0.3 is 15.3 Å². The summed E-state index contributed by atoms with van der Waals surface area (Å²) in [5.74, 6) is -0.428. The molecular weight excluding hydrogens is 228 g/mol. The smallest absolute Gasteiger partial charge is 0.0637 e. The number of hydrogen-bond acceptors (Lipinski definition) is 3. The van der Waals surface area contributed by atoms with Gasteiger partial charge in [0.2, 0.25) is 0 Å². The zero-order chi connectivity index (χ0) is 13.5. The van der Waals surface area contributed by atoms with Crippen LogP contribution in [0.1, 0.15) is 25.8 Å². The number of aliphatic hydroxyl groups is 3. The second-order valence-corrected chi connectivity index (χ2v) is 5.10. The normalized spacial score (nSPS) is 18.1. The Balaban J connectivity index is 2.42. The van der Waals surface area contributed by atoms with Crippen molar-refractivity contribution in [1.29, 1.82) is 0 Å². The molecule has 1 rings (SSSR count). The summed E-state index contributed by atoms with van der Waals surface area (Å²) in [6.45, 7) is 3.55. The fourth-order valence-corrected chi connectivity index (χ4v) is 2.08. The third kappa shape index (κ3) is 4.41. The first-order chi connectivity index (χ1) is 8.56. The Morgan fingerprint density at radius 3 is 2.22 bits per heavy atom. The molecule has 0 fully saturated rings. The van der Waals surface area contributed by atoms with Crippen LogP contribution in [-0.4, -0.2) is 34.1 Å². The molecule has 0 bridgehead atoms. The van der Waals surface area contributed by atoms with E-state index in [4.69, 9.17) is 5.11 Å². The van der Waals surface area contributed by atoms with Crippen LogP contribution in [0.3, 0.4) is 0 Å². The summed E-state index contributed by atoms with van der Waals surface area (Å²) in [5.41, 5.74) is 1.19. The molecule has 0 saturated carbocycles. The molecular formula is C15H24O3. The SMILES string of the molecule is C[C@H]([C@H](O)[C@@H](C)CO)[C@H](O)CCc1ccccc1. The molecule has 1 aromatic carbocycles. The summed E-state index contributed by atoms with van der Waals surface area (Å²) in [5, 5.41) is 29.0. The Bertz CT molecular complexity index is 326. The molecule has 18 heavy (non-hydrogen) atoms. The highest BCUT2D eigenvalue weighted by Gasteiger charge is 2.26. The average Bonchev–Trinajstić information content (AvgIpc) is 2.43. The van der Waals surface area contributed by atoms with Crippen molar-refractivity contribution in [2.45, 2.75) is 38.9 Å². The number of hydrogen-bond donors (Lipinski definition) is 3. The average molecular weight is 252 g/mol. The Morgan fingerprint density at radius 1 is 1.06 bits per heavy atom. The van der Waals surface area contributed by atoms with Gasteiger partial charge in [-0.1, -0.05) is 44.2 Å². The largest absolute Gasteiger partial charge is 0.396 e. The predicted octanol–water partition coefficient (Wildman–Crippen LogP) is 1.61. The van der Waals surface area contributed by atoms with Crippen LogP contribution in [0.5, 0.6) is 0 Å². The molecule has 0 aliphatic carbocycles. The highest BCUT2D eigenvalue weighted by molar-refractivity contribution is 5.14. The zero-order valence-electron chi connectivity index (χ0n) is 11.2. The molecule has 102 valence electrons. The molecule has 0 saturated heterocycles. The van der Waals surface area contributed by atoms with Crippen molar-refractivity contribution in [3.8, 4) is 0 Å². The van der Waals surface area contributed by atoms with Crippen LogP contribution in [0.15, 0.2) is 30.3 Å². The van der Waals surface area contributed by atoms with E-state index >= 15 is 0 Å². The van der Waals surface area contributed by atoms with Crippen molar-refractivity contribution < 1.29 is 15.3 Å². The first-order valence-electron chi connectivity index (χ1n) is 6.57. The number of aryl methyl sites for hydroxylation is 1. The lowest BCUT2D eigenvalue weighted by Gasteiger charge is -2.27. The van der Waals surface area contributed by atoms with Gasteiger partial charge >= 0.3 is 0 Å². The standard InChI is InChI=1S/C15H24O3/c1-11(10-16)15(18)12(2)14(17)9-8-13-6-4-3-5-7-13/h3-7,11-12,14-18H,8-10H2,1-2H3/t11-,12-,14+,15+/m0/s1. The number of benzene rings is 1. The van der Waals surface area contributed by atoms with E-state index in [1.165, 1.54) is 5.56 Å². The third-order valence-corrected chi connectivity index (χ3v) is 3.59. The van der Waals surface area contributed by atoms with E-state index in [9.17, 15) is 10.2 Å². The molecule has 0 aliphatic heterocycles. The third-order valence-electron chi connectivity index (χ3n) is 3.59. The van der Waals surface area contributed by atoms with Crippen molar-refractivity contribution in [1.82, 2.24) is 0 Å². The van der Waals surface area contributed by atoms with Gasteiger partial charge in [0.15, 0.2) is 0 Å². The summed E-state index contributed by atoms with van der Waals surface area (Å²) >= 11 is 0. The van der Waals surface area contributed by atoms with Gasteiger partial charge in [0, 0.05) is 18.4 Å². The van der Waals surface area contributed by atoms with E-state index in [-0.39, 0.29) is 18.4 Å². The Hall–Kier alpha value is -0.900. The second-order valence-electron chi connectivity index (χ2n) is 5.10. The highest BCUT2D eigenvalue weighted by atomic mass is 16.3. The van der Waals surface area contributed by atoms with E-state index in [1.807, 2.05) is 37.3 Å². The summed E-state index contributed by atoms with van der Waals surface area (Å²) in [7, 11) is 0. The monoisotopic (exact) mass is 252 g/mol. The van der Waals surface area contributed by atoms with Crippen LogP contribution in [0.2, 0.25) is 0 Å². The van der Waals surface area contributed by atoms with Crippen LogP contribution in [0, 0.1) is 11.8 Å². The first kappa shape index (κ1) is 15.2. The topological polar surface area (TPSA) is 60.7 Å². The maximum Gasteiger partial charge on any atom is 0.0637 e. The Labute approximate surface area is 109 Å². The van der Waals surface area contributed by atoms with Gasteiger partial charge in [-0.2, -0.15) is 0 Å². The van der Waals surface area contributed by atoms with Crippen LogP contribution in [0.25, 0.3) is 0 Å². The fourth-order valence-electron chi connectivity index (χ4n) is 2.08. The van der Waals surface area contributed by atoms with Crippen LogP contribution in [-0.2, 0) is 6.42 Å². The van der Waals surface area contributed by atoms with E-state index in [0.29, 0.717) is 6.42 Å². The maximum atomic E-state index is 10.1.